The molecule has 0 spiro atoms. The van der Waals surface area contributed by atoms with Crippen molar-refractivity contribution in [1.29, 1.82) is 0 Å². The third-order valence-electron chi connectivity index (χ3n) is 4.92. The molecule has 0 unspecified atom stereocenters. The van der Waals surface area contributed by atoms with E-state index >= 15 is 0 Å². The van der Waals surface area contributed by atoms with Crippen molar-refractivity contribution in [2.24, 2.45) is 11.3 Å². The lowest BCUT2D eigenvalue weighted by Gasteiger charge is -2.17. The first-order valence-electron chi connectivity index (χ1n) is 7.42. The van der Waals surface area contributed by atoms with Crippen molar-refractivity contribution in [1.82, 2.24) is 9.55 Å². The summed E-state index contributed by atoms with van der Waals surface area (Å²) >= 11 is 9.55. The average Bonchev–Trinajstić information content (AvgIpc) is 3.31. The number of rotatable bonds is 5. The Bertz CT molecular complexity index is 656. The minimum Gasteiger partial charge on any atom is -0.327 e. The Morgan fingerprint density at radius 2 is 2.15 bits per heavy atom. The first kappa shape index (κ1) is 13.1. The normalized spacial score (nSPS) is 20.5. The van der Waals surface area contributed by atoms with Crippen LogP contribution in [0, 0.1) is 11.3 Å². The summed E-state index contributed by atoms with van der Waals surface area (Å²) < 4.78 is 3.56. The molecule has 2 fully saturated rings. The summed E-state index contributed by atoms with van der Waals surface area (Å²) in [5.74, 6) is 2.76. The molecule has 1 aromatic carbocycles. The van der Waals surface area contributed by atoms with Gasteiger partial charge >= 0.3 is 0 Å². The molecule has 2 aromatic rings. The van der Waals surface area contributed by atoms with Crippen LogP contribution in [-0.2, 0) is 13.0 Å². The van der Waals surface area contributed by atoms with E-state index in [0.717, 1.165) is 34.7 Å². The zero-order valence-electron chi connectivity index (χ0n) is 11.4. The van der Waals surface area contributed by atoms with Crippen LogP contribution in [0.5, 0.6) is 0 Å². The van der Waals surface area contributed by atoms with Crippen LogP contribution in [0.15, 0.2) is 22.7 Å². The van der Waals surface area contributed by atoms with E-state index in [-0.39, 0.29) is 0 Å². The highest BCUT2D eigenvalue weighted by atomic mass is 79.9. The Hall–Kier alpha value is -0.540. The molecule has 0 N–H and O–H groups in total. The van der Waals surface area contributed by atoms with E-state index in [1.165, 1.54) is 31.2 Å². The Morgan fingerprint density at radius 1 is 1.35 bits per heavy atom. The van der Waals surface area contributed by atoms with Crippen LogP contribution < -0.4 is 0 Å². The molecule has 106 valence electrons. The number of alkyl halides is 1. The fraction of sp³-hybridized carbons (Fsp3) is 0.562. The number of aromatic nitrogens is 2. The van der Waals surface area contributed by atoms with Crippen molar-refractivity contribution >= 4 is 38.6 Å². The zero-order valence-corrected chi connectivity index (χ0v) is 13.8. The largest absolute Gasteiger partial charge is 0.327 e. The lowest BCUT2D eigenvalue weighted by molar-refractivity contribution is 0.369. The maximum Gasteiger partial charge on any atom is 0.111 e. The molecule has 2 aliphatic rings. The van der Waals surface area contributed by atoms with Gasteiger partial charge in [0.1, 0.15) is 5.82 Å². The van der Waals surface area contributed by atoms with E-state index in [4.69, 9.17) is 16.6 Å². The lowest BCUT2D eigenvalue weighted by Crippen LogP contribution is -2.16. The van der Waals surface area contributed by atoms with Crippen LogP contribution in [0.2, 0.25) is 0 Å². The van der Waals surface area contributed by atoms with Crippen LogP contribution in [0.4, 0.5) is 0 Å². The van der Waals surface area contributed by atoms with Crippen LogP contribution >= 0.6 is 27.5 Å². The smallest absolute Gasteiger partial charge is 0.111 e. The number of hydrogen-bond donors (Lipinski definition) is 0. The molecule has 4 rings (SSSR count). The highest BCUT2D eigenvalue weighted by Crippen LogP contribution is 2.62. The molecule has 2 nitrogen and oxygen atoms in total. The number of benzene rings is 1. The fourth-order valence-electron chi connectivity index (χ4n) is 3.46. The Labute approximate surface area is 132 Å². The van der Waals surface area contributed by atoms with Gasteiger partial charge in [-0.05, 0) is 55.2 Å². The number of halogens is 2. The van der Waals surface area contributed by atoms with Crippen LogP contribution in [-0.4, -0.2) is 15.4 Å². The van der Waals surface area contributed by atoms with Crippen molar-refractivity contribution in [3.05, 3.63) is 28.5 Å². The number of nitrogens with zero attached hydrogens (tertiary/aromatic N) is 2. The van der Waals surface area contributed by atoms with Gasteiger partial charge in [-0.25, -0.2) is 4.98 Å². The van der Waals surface area contributed by atoms with E-state index in [1.54, 1.807) is 0 Å². The number of aryl methyl sites for hydroxylation is 1. The van der Waals surface area contributed by atoms with Gasteiger partial charge in [-0.2, -0.15) is 0 Å². The van der Waals surface area contributed by atoms with Crippen LogP contribution in [0.1, 0.15) is 31.5 Å². The van der Waals surface area contributed by atoms with Crippen molar-refractivity contribution < 1.29 is 0 Å². The summed E-state index contributed by atoms with van der Waals surface area (Å²) in [6.07, 6.45) is 6.51. The maximum atomic E-state index is 5.97. The SMILES string of the molecule is ClCCc1nc2ccc(Br)cc2n1CC1(C2CC2)CC1. The Balaban J connectivity index is 1.78. The highest BCUT2D eigenvalue weighted by Gasteiger charge is 2.54. The summed E-state index contributed by atoms with van der Waals surface area (Å²) in [5.41, 5.74) is 2.93. The summed E-state index contributed by atoms with van der Waals surface area (Å²) in [7, 11) is 0. The molecule has 0 saturated heterocycles. The van der Waals surface area contributed by atoms with Gasteiger partial charge in [0.25, 0.3) is 0 Å². The monoisotopic (exact) mass is 352 g/mol. The zero-order chi connectivity index (χ0) is 13.7. The molecule has 0 bridgehead atoms. The third-order valence-corrected chi connectivity index (χ3v) is 5.60. The van der Waals surface area contributed by atoms with Crippen LogP contribution in [0.25, 0.3) is 11.0 Å². The summed E-state index contributed by atoms with van der Waals surface area (Å²) in [5, 5.41) is 0. The summed E-state index contributed by atoms with van der Waals surface area (Å²) in [6, 6.07) is 6.37. The van der Waals surface area contributed by atoms with Gasteiger partial charge in [0.15, 0.2) is 0 Å². The molecule has 20 heavy (non-hydrogen) atoms. The quantitative estimate of drug-likeness (QED) is 0.708. The Kier molecular flexibility index (Phi) is 3.11. The third kappa shape index (κ3) is 2.19. The van der Waals surface area contributed by atoms with Crippen molar-refractivity contribution in [3.8, 4) is 0 Å². The fourth-order valence-corrected chi connectivity index (χ4v) is 3.98. The highest BCUT2D eigenvalue weighted by molar-refractivity contribution is 9.10. The molecule has 2 saturated carbocycles. The molecular formula is C16H18BrClN2. The standard InChI is InChI=1S/C16H18BrClN2/c17-12-3-4-13-14(9-12)20(15(19-13)5-8-18)10-16(6-7-16)11-1-2-11/h3-4,9,11H,1-2,5-8,10H2. The van der Waals surface area contributed by atoms with E-state index in [2.05, 4.69) is 38.7 Å². The second kappa shape index (κ2) is 4.74. The van der Waals surface area contributed by atoms with Gasteiger partial charge in [0.2, 0.25) is 0 Å². The molecule has 1 heterocycles. The van der Waals surface area contributed by atoms with E-state index in [0.29, 0.717) is 11.3 Å². The predicted molar refractivity (Wildman–Crippen MR) is 86.2 cm³/mol. The number of imidazole rings is 1. The van der Waals surface area contributed by atoms with E-state index < -0.39 is 0 Å². The summed E-state index contributed by atoms with van der Waals surface area (Å²) in [4.78, 5) is 4.79. The molecule has 0 radical (unpaired) electrons. The molecule has 2 aliphatic carbocycles. The second-order valence-corrected chi connectivity index (χ2v) is 7.62. The van der Waals surface area contributed by atoms with E-state index in [1.807, 2.05) is 0 Å². The minimum atomic E-state index is 0.580. The van der Waals surface area contributed by atoms with Gasteiger partial charge in [-0.1, -0.05) is 15.9 Å². The van der Waals surface area contributed by atoms with Gasteiger partial charge in [0, 0.05) is 23.3 Å². The Morgan fingerprint density at radius 3 is 2.80 bits per heavy atom. The molecule has 4 heteroatoms. The minimum absolute atomic E-state index is 0.580. The average molecular weight is 354 g/mol. The second-order valence-electron chi connectivity index (χ2n) is 6.32. The van der Waals surface area contributed by atoms with Gasteiger partial charge in [-0.15, -0.1) is 11.6 Å². The van der Waals surface area contributed by atoms with Crippen molar-refractivity contribution in [2.75, 3.05) is 5.88 Å². The topological polar surface area (TPSA) is 17.8 Å². The molecule has 0 aliphatic heterocycles. The lowest BCUT2D eigenvalue weighted by atomic mass is 10.0. The van der Waals surface area contributed by atoms with Gasteiger partial charge < -0.3 is 4.57 Å². The van der Waals surface area contributed by atoms with Crippen molar-refractivity contribution in [2.45, 2.75) is 38.6 Å². The molecule has 0 atom stereocenters. The molecular weight excluding hydrogens is 336 g/mol. The van der Waals surface area contributed by atoms with Crippen molar-refractivity contribution in [3.63, 3.8) is 0 Å². The van der Waals surface area contributed by atoms with Crippen LogP contribution in [0.3, 0.4) is 0 Å². The maximum absolute atomic E-state index is 5.97. The number of hydrogen-bond acceptors (Lipinski definition) is 1. The molecule has 0 amide bonds. The first-order valence-corrected chi connectivity index (χ1v) is 8.75. The first-order chi connectivity index (χ1) is 9.72. The summed E-state index contributed by atoms with van der Waals surface area (Å²) in [6.45, 7) is 1.14. The number of fused-ring (bicyclic) bond motifs is 1. The van der Waals surface area contributed by atoms with Gasteiger partial charge in [0.05, 0.1) is 11.0 Å². The van der Waals surface area contributed by atoms with E-state index in [9.17, 15) is 0 Å². The molecule has 1 aromatic heterocycles. The predicted octanol–water partition coefficient (Wildman–Crippen LogP) is 4.77. The van der Waals surface area contributed by atoms with Gasteiger partial charge in [-0.3, -0.25) is 0 Å².